The summed E-state index contributed by atoms with van der Waals surface area (Å²) >= 11 is 1.15. The molecule has 19 heavy (non-hydrogen) atoms. The topological polar surface area (TPSA) is 70.2 Å². The van der Waals surface area contributed by atoms with Crippen molar-refractivity contribution in [2.75, 3.05) is 0 Å². The predicted molar refractivity (Wildman–Crippen MR) is 73.0 cm³/mol. The largest absolute Gasteiger partial charge is 0.478 e. The summed E-state index contributed by atoms with van der Waals surface area (Å²) in [5.74, 6) is -1.18. The van der Waals surface area contributed by atoms with Crippen molar-refractivity contribution >= 4 is 34.0 Å². The van der Waals surface area contributed by atoms with Crippen LogP contribution in [0.4, 0.5) is 0 Å². The van der Waals surface area contributed by atoms with Gasteiger partial charge in [0.1, 0.15) is 0 Å². The van der Waals surface area contributed by atoms with Crippen molar-refractivity contribution in [1.82, 2.24) is 4.98 Å². The fourth-order valence-electron chi connectivity index (χ4n) is 1.96. The van der Waals surface area contributed by atoms with Crippen molar-refractivity contribution in [2.24, 2.45) is 0 Å². The zero-order valence-corrected chi connectivity index (χ0v) is 10.5. The lowest BCUT2D eigenvalue weighted by molar-refractivity contribution is 0.0697. The normalized spacial score (nSPS) is 10.7. The van der Waals surface area contributed by atoms with Gasteiger partial charge in [-0.1, -0.05) is 18.2 Å². The minimum absolute atomic E-state index is 0.146. The van der Waals surface area contributed by atoms with E-state index in [1.54, 1.807) is 6.20 Å². The molecule has 4 nitrogen and oxygen atoms in total. The van der Waals surface area contributed by atoms with Crippen molar-refractivity contribution in [3.63, 3.8) is 0 Å². The predicted octanol–water partition coefficient (Wildman–Crippen LogP) is 3.16. The molecule has 94 valence electrons. The van der Waals surface area contributed by atoms with E-state index in [9.17, 15) is 9.59 Å². The first kappa shape index (κ1) is 11.7. The number of para-hydroxylation sites is 1. The smallest absolute Gasteiger partial charge is 0.336 e. The Bertz CT molecular complexity index is 785. The molecular formula is C14H9NO3S. The van der Waals surface area contributed by atoms with Gasteiger partial charge in [-0.15, -0.1) is 11.3 Å². The van der Waals surface area contributed by atoms with E-state index in [1.165, 1.54) is 11.4 Å². The van der Waals surface area contributed by atoms with Crippen molar-refractivity contribution in [3.05, 3.63) is 57.9 Å². The molecule has 0 bridgehead atoms. The lowest BCUT2D eigenvalue weighted by atomic mass is 10.1. The van der Waals surface area contributed by atoms with Crippen molar-refractivity contribution in [3.8, 4) is 0 Å². The number of hydrogen-bond acceptors (Lipinski definition) is 3. The summed E-state index contributed by atoms with van der Waals surface area (Å²) in [4.78, 5) is 26.6. The number of rotatable bonds is 3. The SMILES string of the molecule is O=C(O)c1csc(C(=O)c2c[nH]c3ccccc23)c1. The number of H-pyrrole nitrogens is 1. The van der Waals surface area contributed by atoms with E-state index in [2.05, 4.69) is 4.98 Å². The van der Waals surface area contributed by atoms with Crippen LogP contribution in [0.3, 0.4) is 0 Å². The first-order valence-corrected chi connectivity index (χ1v) is 6.47. The van der Waals surface area contributed by atoms with Crippen molar-refractivity contribution in [1.29, 1.82) is 0 Å². The molecular weight excluding hydrogens is 262 g/mol. The minimum atomic E-state index is -1.02. The molecule has 0 aliphatic carbocycles. The Labute approximate surface area is 112 Å². The number of nitrogens with one attached hydrogen (secondary N) is 1. The number of carbonyl (C=O) groups excluding carboxylic acids is 1. The Morgan fingerprint density at radius 1 is 1.21 bits per heavy atom. The highest BCUT2D eigenvalue weighted by atomic mass is 32.1. The Morgan fingerprint density at radius 2 is 2.00 bits per heavy atom. The maximum absolute atomic E-state index is 12.4. The maximum atomic E-state index is 12.4. The molecule has 0 saturated carbocycles. The molecule has 0 atom stereocenters. The van der Waals surface area contributed by atoms with Crippen LogP contribution in [-0.2, 0) is 0 Å². The number of aromatic amines is 1. The zero-order valence-electron chi connectivity index (χ0n) is 9.71. The van der Waals surface area contributed by atoms with Crippen LogP contribution < -0.4 is 0 Å². The summed E-state index contributed by atoms with van der Waals surface area (Å²) in [6, 6.07) is 8.93. The number of thiophene rings is 1. The van der Waals surface area contributed by atoms with Gasteiger partial charge in [-0.25, -0.2) is 4.79 Å². The first-order chi connectivity index (χ1) is 9.16. The van der Waals surface area contributed by atoms with Crippen LogP contribution in [0, 0.1) is 0 Å². The average Bonchev–Trinajstić information content (AvgIpc) is 3.05. The second kappa shape index (κ2) is 4.37. The quantitative estimate of drug-likeness (QED) is 0.719. The Hall–Kier alpha value is -2.40. The highest BCUT2D eigenvalue weighted by molar-refractivity contribution is 7.12. The molecule has 2 N–H and O–H groups in total. The van der Waals surface area contributed by atoms with Gasteiger partial charge in [0, 0.05) is 28.0 Å². The Balaban J connectivity index is 2.05. The number of carboxylic acids is 1. The molecule has 1 aromatic carbocycles. The van der Waals surface area contributed by atoms with Crippen molar-refractivity contribution in [2.45, 2.75) is 0 Å². The molecule has 0 amide bonds. The molecule has 0 saturated heterocycles. The highest BCUT2D eigenvalue weighted by Crippen LogP contribution is 2.24. The summed E-state index contributed by atoms with van der Waals surface area (Å²) in [6.45, 7) is 0. The molecule has 3 aromatic rings. The third-order valence-electron chi connectivity index (χ3n) is 2.90. The molecule has 0 aliphatic rings. The fourth-order valence-corrected chi connectivity index (χ4v) is 2.79. The van der Waals surface area contributed by atoms with Gasteiger partial charge in [0.15, 0.2) is 0 Å². The molecule has 2 aromatic heterocycles. The van der Waals surface area contributed by atoms with Gasteiger partial charge in [0.2, 0.25) is 5.78 Å². The number of fused-ring (bicyclic) bond motifs is 1. The Morgan fingerprint density at radius 3 is 2.74 bits per heavy atom. The van der Waals surface area contributed by atoms with Gasteiger partial charge in [0.25, 0.3) is 0 Å². The van der Waals surface area contributed by atoms with Crippen LogP contribution in [0.2, 0.25) is 0 Å². The van der Waals surface area contributed by atoms with Gasteiger partial charge >= 0.3 is 5.97 Å². The van der Waals surface area contributed by atoms with Gasteiger partial charge in [-0.05, 0) is 12.1 Å². The molecule has 0 aliphatic heterocycles. The lowest BCUT2D eigenvalue weighted by Gasteiger charge is -1.95. The number of carbonyl (C=O) groups is 2. The third kappa shape index (κ3) is 1.94. The summed E-state index contributed by atoms with van der Waals surface area (Å²) in [6.07, 6.45) is 1.66. The molecule has 0 radical (unpaired) electrons. The lowest BCUT2D eigenvalue weighted by Crippen LogP contribution is -1.98. The summed E-state index contributed by atoms with van der Waals surface area (Å²) in [5, 5.41) is 11.2. The van der Waals surface area contributed by atoms with E-state index in [0.717, 1.165) is 22.2 Å². The first-order valence-electron chi connectivity index (χ1n) is 5.59. The highest BCUT2D eigenvalue weighted by Gasteiger charge is 2.17. The van der Waals surface area contributed by atoms with Gasteiger partial charge in [-0.3, -0.25) is 4.79 Å². The Kier molecular flexibility index (Phi) is 2.68. The monoisotopic (exact) mass is 271 g/mol. The molecule has 3 rings (SSSR count). The number of ketones is 1. The number of aromatic nitrogens is 1. The average molecular weight is 271 g/mol. The van der Waals surface area contributed by atoms with Crippen LogP contribution in [0.5, 0.6) is 0 Å². The van der Waals surface area contributed by atoms with Gasteiger partial charge in [-0.2, -0.15) is 0 Å². The van der Waals surface area contributed by atoms with E-state index >= 15 is 0 Å². The van der Waals surface area contributed by atoms with E-state index < -0.39 is 5.97 Å². The second-order valence-corrected chi connectivity index (χ2v) is 4.99. The number of hydrogen-bond donors (Lipinski definition) is 2. The molecule has 0 unspecified atom stereocenters. The number of aromatic carboxylic acids is 1. The maximum Gasteiger partial charge on any atom is 0.336 e. The van der Waals surface area contributed by atoms with Crippen LogP contribution in [0.1, 0.15) is 25.6 Å². The minimum Gasteiger partial charge on any atom is -0.478 e. The summed E-state index contributed by atoms with van der Waals surface area (Å²) in [5.41, 5.74) is 1.60. The van der Waals surface area contributed by atoms with Crippen LogP contribution in [0.15, 0.2) is 41.9 Å². The summed E-state index contributed by atoms with van der Waals surface area (Å²) < 4.78 is 0. The molecule has 2 heterocycles. The van der Waals surface area contributed by atoms with Crippen LogP contribution in [0.25, 0.3) is 10.9 Å². The van der Waals surface area contributed by atoms with Gasteiger partial charge < -0.3 is 10.1 Å². The standard InChI is InChI=1S/C14H9NO3S/c16-13(12-5-8(7-19-12)14(17)18)10-6-15-11-4-2-1-3-9(10)11/h1-7,15H,(H,17,18). The molecule has 0 fully saturated rings. The van der Waals surface area contributed by atoms with Crippen LogP contribution in [-0.4, -0.2) is 21.8 Å². The van der Waals surface area contributed by atoms with E-state index in [-0.39, 0.29) is 11.3 Å². The van der Waals surface area contributed by atoms with E-state index in [4.69, 9.17) is 5.11 Å². The van der Waals surface area contributed by atoms with E-state index in [0.29, 0.717) is 10.4 Å². The van der Waals surface area contributed by atoms with Crippen molar-refractivity contribution < 1.29 is 14.7 Å². The number of benzene rings is 1. The number of carboxylic acid groups (broad SMARTS) is 1. The second-order valence-electron chi connectivity index (χ2n) is 4.08. The van der Waals surface area contributed by atoms with Gasteiger partial charge in [0.05, 0.1) is 10.4 Å². The summed E-state index contributed by atoms with van der Waals surface area (Å²) in [7, 11) is 0. The molecule has 5 heteroatoms. The third-order valence-corrected chi connectivity index (χ3v) is 3.83. The van der Waals surface area contributed by atoms with E-state index in [1.807, 2.05) is 24.3 Å². The molecule has 0 spiro atoms. The fraction of sp³-hybridized carbons (Fsp3) is 0. The zero-order chi connectivity index (χ0) is 13.4. The van der Waals surface area contributed by atoms with Crippen LogP contribution >= 0.6 is 11.3 Å².